The first kappa shape index (κ1) is 16.2. The van der Waals surface area contributed by atoms with E-state index in [1.807, 2.05) is 4.72 Å². The number of carbonyl (C=O) groups excluding carboxylic acids is 1. The van der Waals surface area contributed by atoms with Crippen LogP contribution < -0.4 is 4.72 Å². The second-order valence-electron chi connectivity index (χ2n) is 5.46. The third-order valence-corrected chi connectivity index (χ3v) is 5.05. The number of nitrogens with zero attached hydrogens (tertiary/aromatic N) is 1. The maximum absolute atomic E-state index is 13.1. The van der Waals surface area contributed by atoms with Gasteiger partial charge in [-0.05, 0) is 23.8 Å². The molecule has 3 aromatic rings. The highest BCUT2D eigenvalue weighted by atomic mass is 32.2. The lowest BCUT2D eigenvalue weighted by atomic mass is 10.1. The molecular formula is C17H15FN2O3S. The van der Waals surface area contributed by atoms with Crippen molar-refractivity contribution >= 4 is 26.8 Å². The first-order chi connectivity index (χ1) is 11.4. The van der Waals surface area contributed by atoms with E-state index in [4.69, 9.17) is 0 Å². The Morgan fingerprint density at radius 2 is 1.92 bits per heavy atom. The Balaban J connectivity index is 1.86. The van der Waals surface area contributed by atoms with Crippen LogP contribution in [0, 0.1) is 5.82 Å². The molecule has 1 amide bonds. The van der Waals surface area contributed by atoms with E-state index < -0.39 is 21.7 Å². The first-order valence-corrected chi connectivity index (χ1v) is 8.69. The third kappa shape index (κ3) is 3.16. The Morgan fingerprint density at radius 1 is 1.17 bits per heavy atom. The Hall–Kier alpha value is -2.67. The van der Waals surface area contributed by atoms with Crippen molar-refractivity contribution < 1.29 is 17.6 Å². The molecule has 24 heavy (non-hydrogen) atoms. The minimum absolute atomic E-state index is 0.0354. The lowest BCUT2D eigenvalue weighted by molar-refractivity contribution is -0.118. The molecule has 0 spiro atoms. The maximum Gasteiger partial charge on any atom is 0.266 e. The van der Waals surface area contributed by atoms with Crippen LogP contribution in [0.4, 0.5) is 4.39 Å². The Bertz CT molecular complexity index is 1030. The van der Waals surface area contributed by atoms with E-state index in [1.165, 1.54) is 24.4 Å². The van der Waals surface area contributed by atoms with E-state index in [0.29, 0.717) is 10.9 Å². The van der Waals surface area contributed by atoms with Gasteiger partial charge >= 0.3 is 0 Å². The van der Waals surface area contributed by atoms with E-state index in [1.54, 1.807) is 41.9 Å². The molecule has 0 saturated heterocycles. The highest BCUT2D eigenvalue weighted by molar-refractivity contribution is 7.90. The number of hydrogen-bond donors (Lipinski definition) is 1. The van der Waals surface area contributed by atoms with Crippen LogP contribution in [0.3, 0.4) is 0 Å². The number of sulfonamides is 1. The summed E-state index contributed by atoms with van der Waals surface area (Å²) in [6, 6.07) is 12.5. The van der Waals surface area contributed by atoms with Crippen molar-refractivity contribution in [2.24, 2.45) is 7.05 Å². The van der Waals surface area contributed by atoms with Gasteiger partial charge in [-0.25, -0.2) is 17.5 Å². The van der Waals surface area contributed by atoms with Gasteiger partial charge in [0.25, 0.3) is 10.0 Å². The van der Waals surface area contributed by atoms with Crippen LogP contribution >= 0.6 is 0 Å². The fourth-order valence-electron chi connectivity index (χ4n) is 2.59. The summed E-state index contributed by atoms with van der Waals surface area (Å²) in [6.07, 6.45) is 1.24. The van der Waals surface area contributed by atoms with Crippen molar-refractivity contribution in [2.45, 2.75) is 11.3 Å². The van der Waals surface area contributed by atoms with Gasteiger partial charge in [-0.3, -0.25) is 4.79 Å². The molecule has 0 radical (unpaired) electrons. The van der Waals surface area contributed by atoms with Crippen LogP contribution in [-0.2, 0) is 28.3 Å². The molecule has 0 aliphatic heterocycles. The van der Waals surface area contributed by atoms with Gasteiger partial charge in [0, 0.05) is 24.1 Å². The topological polar surface area (TPSA) is 68.2 Å². The number of nitrogens with one attached hydrogen (secondary N) is 1. The van der Waals surface area contributed by atoms with E-state index in [2.05, 4.69) is 0 Å². The van der Waals surface area contributed by atoms with Gasteiger partial charge in [-0.2, -0.15) is 0 Å². The van der Waals surface area contributed by atoms with Gasteiger partial charge in [-0.1, -0.05) is 30.3 Å². The molecule has 0 atom stereocenters. The Labute approximate surface area is 138 Å². The van der Waals surface area contributed by atoms with Gasteiger partial charge in [-0.15, -0.1) is 0 Å². The molecule has 0 unspecified atom stereocenters. The first-order valence-electron chi connectivity index (χ1n) is 7.21. The molecule has 0 saturated carbocycles. The molecule has 2 aromatic carbocycles. The Morgan fingerprint density at radius 3 is 2.67 bits per heavy atom. The predicted molar refractivity (Wildman–Crippen MR) is 88.4 cm³/mol. The number of benzene rings is 2. The van der Waals surface area contributed by atoms with E-state index in [-0.39, 0.29) is 11.3 Å². The van der Waals surface area contributed by atoms with Crippen molar-refractivity contribution in [3.63, 3.8) is 0 Å². The number of carbonyl (C=O) groups is 1. The summed E-state index contributed by atoms with van der Waals surface area (Å²) in [5.41, 5.74) is 1.15. The number of aromatic nitrogens is 1. The second-order valence-corrected chi connectivity index (χ2v) is 7.11. The minimum Gasteiger partial charge on any atom is -0.349 e. The highest BCUT2D eigenvalue weighted by Crippen LogP contribution is 2.24. The van der Waals surface area contributed by atoms with Crippen LogP contribution in [0.25, 0.3) is 10.9 Å². The van der Waals surface area contributed by atoms with Crippen LogP contribution in [0.15, 0.2) is 59.6 Å². The summed E-state index contributed by atoms with van der Waals surface area (Å²) >= 11 is 0. The zero-order chi connectivity index (χ0) is 17.3. The Kier molecular flexibility index (Phi) is 4.11. The van der Waals surface area contributed by atoms with Crippen LogP contribution in [0.2, 0.25) is 0 Å². The number of rotatable bonds is 4. The monoisotopic (exact) mass is 346 g/mol. The SMILES string of the molecule is Cn1cc(S(=O)(=O)NC(=O)Cc2cccc(F)c2)c2ccccc21. The summed E-state index contributed by atoms with van der Waals surface area (Å²) in [4.78, 5) is 12.1. The van der Waals surface area contributed by atoms with Gasteiger partial charge in [0.2, 0.25) is 5.91 Å². The number of hydrogen-bond acceptors (Lipinski definition) is 3. The normalized spacial score (nSPS) is 11.6. The molecule has 0 aliphatic rings. The van der Waals surface area contributed by atoms with Gasteiger partial charge in [0.05, 0.1) is 6.42 Å². The molecule has 0 bridgehead atoms. The molecule has 3 rings (SSSR count). The number of aryl methyl sites for hydroxylation is 1. The molecule has 1 aromatic heterocycles. The number of fused-ring (bicyclic) bond motifs is 1. The molecular weight excluding hydrogens is 331 g/mol. The zero-order valence-electron chi connectivity index (χ0n) is 12.9. The van der Waals surface area contributed by atoms with Crippen molar-refractivity contribution in [2.75, 3.05) is 0 Å². The van der Waals surface area contributed by atoms with Crippen molar-refractivity contribution in [1.82, 2.24) is 9.29 Å². The molecule has 1 heterocycles. The van der Waals surface area contributed by atoms with Crippen molar-refractivity contribution in [3.05, 3.63) is 66.1 Å². The van der Waals surface area contributed by atoms with Gasteiger partial charge in [0.15, 0.2) is 0 Å². The van der Waals surface area contributed by atoms with E-state index >= 15 is 0 Å². The molecule has 1 N–H and O–H groups in total. The summed E-state index contributed by atoms with van der Waals surface area (Å²) < 4.78 is 41.9. The minimum atomic E-state index is -4.01. The van der Waals surface area contributed by atoms with Crippen LogP contribution in [0.5, 0.6) is 0 Å². The third-order valence-electron chi connectivity index (χ3n) is 3.65. The lowest BCUT2D eigenvalue weighted by Crippen LogP contribution is -2.31. The fourth-order valence-corrected chi connectivity index (χ4v) is 3.83. The van der Waals surface area contributed by atoms with Crippen molar-refractivity contribution in [1.29, 1.82) is 0 Å². The summed E-state index contributed by atoms with van der Waals surface area (Å²) in [5, 5.41) is 0.533. The quantitative estimate of drug-likeness (QED) is 0.788. The molecule has 7 heteroatoms. The van der Waals surface area contributed by atoms with E-state index in [0.717, 1.165) is 5.52 Å². The molecule has 0 aliphatic carbocycles. The number of para-hydroxylation sites is 1. The van der Waals surface area contributed by atoms with Crippen LogP contribution in [-0.4, -0.2) is 18.9 Å². The average Bonchev–Trinajstić information content (AvgIpc) is 2.85. The highest BCUT2D eigenvalue weighted by Gasteiger charge is 2.22. The lowest BCUT2D eigenvalue weighted by Gasteiger charge is -2.06. The van der Waals surface area contributed by atoms with Crippen LogP contribution in [0.1, 0.15) is 5.56 Å². The number of amides is 1. The summed E-state index contributed by atoms with van der Waals surface area (Å²) in [5.74, 6) is -1.19. The summed E-state index contributed by atoms with van der Waals surface area (Å²) in [6.45, 7) is 0. The van der Waals surface area contributed by atoms with Gasteiger partial charge in [0.1, 0.15) is 10.7 Å². The predicted octanol–water partition coefficient (Wildman–Crippen LogP) is 2.37. The zero-order valence-corrected chi connectivity index (χ0v) is 13.7. The average molecular weight is 346 g/mol. The molecule has 5 nitrogen and oxygen atoms in total. The molecule has 124 valence electrons. The second kappa shape index (κ2) is 6.09. The smallest absolute Gasteiger partial charge is 0.266 e. The largest absolute Gasteiger partial charge is 0.349 e. The summed E-state index contributed by atoms with van der Waals surface area (Å²) in [7, 11) is -2.28. The molecule has 0 fully saturated rings. The van der Waals surface area contributed by atoms with Gasteiger partial charge < -0.3 is 4.57 Å². The standard InChI is InChI=1S/C17H15FN2O3S/c1-20-11-16(14-7-2-3-8-15(14)20)24(22,23)19-17(21)10-12-5-4-6-13(18)9-12/h2-9,11H,10H2,1H3,(H,19,21). The van der Waals surface area contributed by atoms with Crippen molar-refractivity contribution in [3.8, 4) is 0 Å². The van der Waals surface area contributed by atoms with E-state index in [9.17, 15) is 17.6 Å². The maximum atomic E-state index is 13.1. The fraction of sp³-hybridized carbons (Fsp3) is 0.118. The number of halogens is 1.